The van der Waals surface area contributed by atoms with Crippen molar-refractivity contribution in [1.82, 2.24) is 0 Å². The molecule has 0 aliphatic rings. The quantitative estimate of drug-likeness (QED) is 0.420. The fraction of sp³-hybridized carbons (Fsp3) is 0.182. The first kappa shape index (κ1) is 18.9. The second-order valence-corrected chi connectivity index (χ2v) is 7.05. The Kier molecular flexibility index (Phi) is 6.39. The molecule has 3 aromatic rings. The van der Waals surface area contributed by atoms with Gasteiger partial charge in [0, 0.05) is 28.1 Å². The van der Waals surface area contributed by atoms with Crippen molar-refractivity contribution in [1.29, 1.82) is 0 Å². The number of hydrogen-bond donors (Lipinski definition) is 1. The smallest absolute Gasteiger partial charge is 0.224 e. The van der Waals surface area contributed by atoms with Gasteiger partial charge < -0.3 is 10.1 Å². The molecule has 1 amide bonds. The molecule has 5 heteroatoms. The van der Waals surface area contributed by atoms with E-state index < -0.39 is 0 Å². The van der Waals surface area contributed by atoms with Crippen molar-refractivity contribution in [3.05, 3.63) is 71.6 Å². The highest BCUT2D eigenvalue weighted by Crippen LogP contribution is 2.31. The van der Waals surface area contributed by atoms with E-state index in [1.54, 1.807) is 35.6 Å². The van der Waals surface area contributed by atoms with Crippen molar-refractivity contribution in [2.24, 2.45) is 0 Å². The van der Waals surface area contributed by atoms with E-state index in [0.29, 0.717) is 30.8 Å². The molecule has 0 aliphatic carbocycles. The molecule has 0 fully saturated rings. The molecular formula is C22H21NO3S. The van der Waals surface area contributed by atoms with E-state index in [0.717, 1.165) is 16.1 Å². The van der Waals surface area contributed by atoms with Crippen LogP contribution >= 0.6 is 11.3 Å². The number of anilines is 1. The van der Waals surface area contributed by atoms with Gasteiger partial charge in [-0.15, -0.1) is 11.3 Å². The Bertz CT molecular complexity index is 902. The third-order valence-corrected chi connectivity index (χ3v) is 4.97. The summed E-state index contributed by atoms with van der Waals surface area (Å²) in [7, 11) is 0. The first-order chi connectivity index (χ1) is 13.1. The predicted molar refractivity (Wildman–Crippen MR) is 110 cm³/mol. The number of nitrogens with one attached hydrogen (secondary N) is 1. The van der Waals surface area contributed by atoms with Crippen molar-refractivity contribution < 1.29 is 14.3 Å². The summed E-state index contributed by atoms with van der Waals surface area (Å²) in [5.74, 6) is 0.694. The first-order valence-corrected chi connectivity index (χ1v) is 9.68. The number of thiophene rings is 1. The second kappa shape index (κ2) is 9.14. The van der Waals surface area contributed by atoms with E-state index in [1.807, 2.05) is 41.8 Å². The number of carbonyl (C=O) groups is 2. The van der Waals surface area contributed by atoms with Gasteiger partial charge in [0.25, 0.3) is 0 Å². The summed E-state index contributed by atoms with van der Waals surface area (Å²) in [6.07, 6.45) is 0.992. The van der Waals surface area contributed by atoms with E-state index in [2.05, 4.69) is 5.32 Å². The maximum Gasteiger partial charge on any atom is 0.224 e. The van der Waals surface area contributed by atoms with Crippen LogP contribution in [0.5, 0.6) is 5.75 Å². The Morgan fingerprint density at radius 3 is 2.48 bits per heavy atom. The molecule has 0 saturated carbocycles. The van der Waals surface area contributed by atoms with Gasteiger partial charge in [-0.3, -0.25) is 9.59 Å². The summed E-state index contributed by atoms with van der Waals surface area (Å²) in [5, 5.41) is 5.01. The molecule has 27 heavy (non-hydrogen) atoms. The molecule has 0 aliphatic heterocycles. The van der Waals surface area contributed by atoms with Crippen LogP contribution in [-0.4, -0.2) is 18.3 Å². The number of hydrogen-bond acceptors (Lipinski definition) is 4. The van der Waals surface area contributed by atoms with Gasteiger partial charge in [-0.05, 0) is 55.1 Å². The first-order valence-electron chi connectivity index (χ1n) is 8.80. The van der Waals surface area contributed by atoms with Crippen molar-refractivity contribution in [3.63, 3.8) is 0 Å². The molecule has 3 rings (SSSR count). The number of rotatable bonds is 8. The number of carbonyl (C=O) groups excluding carboxylic acids is 2. The number of benzene rings is 2. The van der Waals surface area contributed by atoms with Gasteiger partial charge >= 0.3 is 0 Å². The Morgan fingerprint density at radius 2 is 1.78 bits per heavy atom. The Balaban J connectivity index is 1.47. The lowest BCUT2D eigenvalue weighted by Crippen LogP contribution is -2.13. The lowest BCUT2D eigenvalue weighted by Gasteiger charge is -2.10. The summed E-state index contributed by atoms with van der Waals surface area (Å²) in [5.41, 5.74) is 2.51. The Morgan fingerprint density at radius 1 is 1.00 bits per heavy atom. The zero-order chi connectivity index (χ0) is 19.1. The van der Waals surface area contributed by atoms with E-state index >= 15 is 0 Å². The SMILES string of the molecule is CC(=O)c1ccc(OCCCC(=O)Nc2ccccc2-c2cccs2)cc1. The maximum atomic E-state index is 12.3. The van der Waals surface area contributed by atoms with Gasteiger partial charge in [0.2, 0.25) is 5.91 Å². The highest BCUT2D eigenvalue weighted by atomic mass is 32.1. The van der Waals surface area contributed by atoms with Crippen LogP contribution in [0, 0.1) is 0 Å². The van der Waals surface area contributed by atoms with E-state index in [1.165, 1.54) is 6.92 Å². The van der Waals surface area contributed by atoms with Gasteiger partial charge in [-0.2, -0.15) is 0 Å². The van der Waals surface area contributed by atoms with Gasteiger partial charge in [0.15, 0.2) is 5.78 Å². The minimum absolute atomic E-state index is 0.0288. The fourth-order valence-electron chi connectivity index (χ4n) is 2.66. The molecule has 0 atom stereocenters. The van der Waals surface area contributed by atoms with Crippen LogP contribution in [0.15, 0.2) is 66.0 Å². The lowest BCUT2D eigenvalue weighted by atomic mass is 10.1. The zero-order valence-corrected chi connectivity index (χ0v) is 15.9. The monoisotopic (exact) mass is 379 g/mol. The summed E-state index contributed by atoms with van der Waals surface area (Å²) < 4.78 is 5.63. The average molecular weight is 379 g/mol. The number of Topliss-reactive ketones (excluding diaryl/α,β-unsaturated/α-hetero) is 1. The second-order valence-electron chi connectivity index (χ2n) is 6.10. The highest BCUT2D eigenvalue weighted by molar-refractivity contribution is 7.13. The summed E-state index contributed by atoms with van der Waals surface area (Å²) in [6, 6.07) is 18.9. The van der Waals surface area contributed by atoms with Gasteiger partial charge in [0.05, 0.1) is 6.61 Å². The summed E-state index contributed by atoms with van der Waals surface area (Å²) >= 11 is 1.65. The van der Waals surface area contributed by atoms with Crippen molar-refractivity contribution in [2.75, 3.05) is 11.9 Å². The number of amides is 1. The lowest BCUT2D eigenvalue weighted by molar-refractivity contribution is -0.116. The van der Waals surface area contributed by atoms with Gasteiger partial charge in [-0.25, -0.2) is 0 Å². The number of para-hydroxylation sites is 1. The molecule has 4 nitrogen and oxygen atoms in total. The minimum Gasteiger partial charge on any atom is -0.494 e. The van der Waals surface area contributed by atoms with Gasteiger partial charge in [-0.1, -0.05) is 24.3 Å². The highest BCUT2D eigenvalue weighted by Gasteiger charge is 2.09. The predicted octanol–water partition coefficient (Wildman–Crippen LogP) is 5.42. The third kappa shape index (κ3) is 5.28. The van der Waals surface area contributed by atoms with Crippen LogP contribution < -0.4 is 10.1 Å². The van der Waals surface area contributed by atoms with Crippen molar-refractivity contribution in [3.8, 4) is 16.2 Å². The number of ketones is 1. The molecule has 138 valence electrons. The van der Waals surface area contributed by atoms with E-state index in [-0.39, 0.29) is 11.7 Å². The molecular weight excluding hydrogens is 358 g/mol. The number of ether oxygens (including phenoxy) is 1. The van der Waals surface area contributed by atoms with Crippen LogP contribution in [-0.2, 0) is 4.79 Å². The molecule has 2 aromatic carbocycles. The molecule has 1 aromatic heterocycles. The van der Waals surface area contributed by atoms with Crippen molar-refractivity contribution in [2.45, 2.75) is 19.8 Å². The van der Waals surface area contributed by atoms with Crippen LogP contribution in [0.4, 0.5) is 5.69 Å². The van der Waals surface area contributed by atoms with Gasteiger partial charge in [0.1, 0.15) is 5.75 Å². The standard InChI is InChI=1S/C22H21NO3S/c1-16(24)17-10-12-18(13-11-17)26-14-4-9-22(25)23-20-7-3-2-6-19(20)21-8-5-15-27-21/h2-3,5-8,10-13,15H,4,9,14H2,1H3,(H,23,25). The normalized spacial score (nSPS) is 10.4. The molecule has 0 saturated heterocycles. The van der Waals surface area contributed by atoms with E-state index in [4.69, 9.17) is 4.74 Å². The summed E-state index contributed by atoms with van der Waals surface area (Å²) in [6.45, 7) is 1.98. The molecule has 0 unspecified atom stereocenters. The molecule has 1 heterocycles. The maximum absolute atomic E-state index is 12.3. The molecule has 0 bridgehead atoms. The van der Waals surface area contributed by atoms with Crippen LogP contribution in [0.25, 0.3) is 10.4 Å². The summed E-state index contributed by atoms with van der Waals surface area (Å²) in [4.78, 5) is 24.6. The van der Waals surface area contributed by atoms with Crippen LogP contribution in [0.1, 0.15) is 30.1 Å². The minimum atomic E-state index is -0.0328. The molecule has 0 spiro atoms. The third-order valence-electron chi connectivity index (χ3n) is 4.07. The van der Waals surface area contributed by atoms with Crippen LogP contribution in [0.3, 0.4) is 0 Å². The average Bonchev–Trinajstić information content (AvgIpc) is 3.20. The van der Waals surface area contributed by atoms with Crippen molar-refractivity contribution >= 4 is 28.7 Å². The fourth-order valence-corrected chi connectivity index (χ4v) is 3.43. The molecule has 0 radical (unpaired) electrons. The Hall–Kier alpha value is -2.92. The largest absolute Gasteiger partial charge is 0.494 e. The Labute approximate surface area is 162 Å². The van der Waals surface area contributed by atoms with E-state index in [9.17, 15) is 9.59 Å². The molecule has 1 N–H and O–H groups in total. The van der Waals surface area contributed by atoms with Crippen LogP contribution in [0.2, 0.25) is 0 Å². The topological polar surface area (TPSA) is 55.4 Å². The zero-order valence-electron chi connectivity index (χ0n) is 15.1.